The Morgan fingerprint density at radius 2 is 1.71 bits per heavy atom. The van der Waals surface area contributed by atoms with Crippen LogP contribution < -0.4 is 4.74 Å². The van der Waals surface area contributed by atoms with Gasteiger partial charge in [-0.05, 0) is 56.5 Å². The lowest BCUT2D eigenvalue weighted by Gasteiger charge is -2.58. The summed E-state index contributed by atoms with van der Waals surface area (Å²) in [6.45, 7) is 0.989. The highest BCUT2D eigenvalue weighted by molar-refractivity contribution is 6.33. The first-order chi connectivity index (χ1) is 18.5. The van der Waals surface area contributed by atoms with Crippen molar-refractivity contribution >= 4 is 11.6 Å². The molecule has 1 aliphatic heterocycles. The molecule has 6 heteroatoms. The second-order valence-corrected chi connectivity index (χ2v) is 11.4. The van der Waals surface area contributed by atoms with Crippen LogP contribution in [0.1, 0.15) is 28.9 Å². The average Bonchev–Trinajstić information content (AvgIpc) is 2.94. The molecule has 1 saturated heterocycles. The summed E-state index contributed by atoms with van der Waals surface area (Å²) < 4.78 is 5.57. The fourth-order valence-electron chi connectivity index (χ4n) is 7.34. The third-order valence-electron chi connectivity index (χ3n) is 9.15. The van der Waals surface area contributed by atoms with Crippen LogP contribution in [-0.4, -0.2) is 46.7 Å². The van der Waals surface area contributed by atoms with Crippen LogP contribution in [0.2, 0.25) is 5.02 Å². The molecule has 1 fully saturated rings. The van der Waals surface area contributed by atoms with Crippen LogP contribution in [0.4, 0.5) is 0 Å². The van der Waals surface area contributed by atoms with Crippen molar-refractivity contribution in [3.05, 3.63) is 94.3 Å². The lowest BCUT2D eigenvalue weighted by molar-refractivity contribution is 0.0210. The van der Waals surface area contributed by atoms with E-state index in [1.54, 1.807) is 7.11 Å². The number of methoxy groups -OCH3 is 1. The number of ether oxygens (including phenoxy) is 1. The molecular weight excluding hydrogens is 494 g/mol. The molecule has 2 heterocycles. The van der Waals surface area contributed by atoms with Crippen molar-refractivity contribution in [1.82, 2.24) is 14.9 Å². The second kappa shape index (κ2) is 8.82. The number of rotatable bonds is 3. The number of aromatic hydroxyl groups is 1. The molecule has 2 bridgehead atoms. The Hall–Kier alpha value is -3.41. The molecule has 0 unspecified atom stereocenters. The van der Waals surface area contributed by atoms with E-state index in [0.717, 1.165) is 71.7 Å². The molecular formula is C32H30ClN3O2. The normalized spacial score (nSPS) is 23.8. The Bertz CT molecular complexity index is 1560. The van der Waals surface area contributed by atoms with Gasteiger partial charge in [-0.2, -0.15) is 0 Å². The molecule has 0 radical (unpaired) electrons. The molecule has 1 N–H and O–H groups in total. The summed E-state index contributed by atoms with van der Waals surface area (Å²) in [7, 11) is 3.86. The van der Waals surface area contributed by atoms with Crippen molar-refractivity contribution in [2.75, 3.05) is 20.7 Å². The maximum Gasteiger partial charge on any atom is 0.161 e. The van der Waals surface area contributed by atoms with Gasteiger partial charge in [-0.25, -0.2) is 9.97 Å². The Morgan fingerprint density at radius 1 is 0.947 bits per heavy atom. The van der Waals surface area contributed by atoms with Crippen LogP contribution in [-0.2, 0) is 24.7 Å². The Balaban J connectivity index is 1.46. The van der Waals surface area contributed by atoms with Gasteiger partial charge in [-0.1, -0.05) is 66.2 Å². The molecule has 2 aliphatic carbocycles. The number of phenols is 1. The average molecular weight is 524 g/mol. The number of phenolic OH excluding ortho intramolecular Hbond substituents is 1. The predicted octanol–water partition coefficient (Wildman–Crippen LogP) is 6.09. The monoisotopic (exact) mass is 523 g/mol. The fourth-order valence-corrected chi connectivity index (χ4v) is 7.56. The number of fused-ring (bicyclic) bond motifs is 2. The lowest BCUT2D eigenvalue weighted by Crippen LogP contribution is -2.61. The summed E-state index contributed by atoms with van der Waals surface area (Å²) in [6, 6.07) is 22.6. The molecule has 1 aromatic heterocycles. The van der Waals surface area contributed by atoms with Crippen molar-refractivity contribution in [1.29, 1.82) is 0 Å². The smallest absolute Gasteiger partial charge is 0.161 e. The molecule has 4 aromatic rings. The summed E-state index contributed by atoms with van der Waals surface area (Å²) >= 11 is 6.70. The van der Waals surface area contributed by atoms with Gasteiger partial charge in [0.15, 0.2) is 11.5 Å². The minimum absolute atomic E-state index is 0.203. The molecule has 38 heavy (non-hydrogen) atoms. The largest absolute Gasteiger partial charge is 0.504 e. The number of benzene rings is 3. The maximum absolute atomic E-state index is 11.5. The minimum atomic E-state index is -0.203. The van der Waals surface area contributed by atoms with Gasteiger partial charge in [0.05, 0.1) is 34.9 Å². The number of likely N-dealkylation sites (N-methyl/N-ethyl adjacent to an activating group) is 1. The zero-order valence-electron chi connectivity index (χ0n) is 21.6. The van der Waals surface area contributed by atoms with Crippen molar-refractivity contribution in [3.63, 3.8) is 0 Å². The highest BCUT2D eigenvalue weighted by atomic mass is 35.5. The predicted molar refractivity (Wildman–Crippen MR) is 150 cm³/mol. The lowest BCUT2D eigenvalue weighted by atomic mass is 9.52. The molecule has 192 valence electrons. The third-order valence-corrected chi connectivity index (χ3v) is 9.48. The fraction of sp³-hybridized carbons (Fsp3) is 0.312. The third kappa shape index (κ3) is 3.41. The highest BCUT2D eigenvalue weighted by Gasteiger charge is 2.56. The number of likely N-dealkylation sites (tertiary alicyclic amines) is 1. The van der Waals surface area contributed by atoms with E-state index in [2.05, 4.69) is 30.1 Å². The first kappa shape index (κ1) is 23.7. The van der Waals surface area contributed by atoms with Gasteiger partial charge < -0.3 is 14.7 Å². The Kier molecular flexibility index (Phi) is 5.50. The van der Waals surface area contributed by atoms with Gasteiger partial charge in [0.2, 0.25) is 0 Å². The van der Waals surface area contributed by atoms with E-state index in [4.69, 9.17) is 26.3 Å². The number of halogens is 1. The number of nitrogens with zero attached hydrogens (tertiary/aromatic N) is 3. The van der Waals surface area contributed by atoms with Gasteiger partial charge in [0, 0.05) is 34.6 Å². The maximum atomic E-state index is 11.5. The van der Waals surface area contributed by atoms with Crippen LogP contribution in [0.5, 0.6) is 11.5 Å². The second-order valence-electron chi connectivity index (χ2n) is 11.0. The Labute approximate surface area is 228 Å². The summed E-state index contributed by atoms with van der Waals surface area (Å²) in [5.41, 5.74) is 7.76. The van der Waals surface area contributed by atoms with Gasteiger partial charge in [-0.3, -0.25) is 0 Å². The summed E-state index contributed by atoms with van der Waals surface area (Å²) in [6.07, 6.45) is 3.45. The van der Waals surface area contributed by atoms with Crippen LogP contribution in [0.15, 0.2) is 66.7 Å². The van der Waals surface area contributed by atoms with E-state index in [-0.39, 0.29) is 5.41 Å². The zero-order chi connectivity index (χ0) is 26.0. The van der Waals surface area contributed by atoms with E-state index in [0.29, 0.717) is 28.5 Å². The van der Waals surface area contributed by atoms with Crippen molar-refractivity contribution in [3.8, 4) is 34.0 Å². The standard InChI is InChI=1S/C32H30ClN3O2/c1-36-15-14-32-18-25-24(17-22(32)26(36)16-20-12-13-27(38-2)31(37)28(20)32)34-30(21-10-6-7-11-23(21)33)29(35-25)19-8-4-3-5-9-19/h3-13,22,26,37H,14-18H2,1-2H3/t22-,26+,32-/m1/s1. The van der Waals surface area contributed by atoms with E-state index in [1.165, 1.54) is 5.56 Å². The van der Waals surface area contributed by atoms with Crippen LogP contribution in [0.25, 0.3) is 22.5 Å². The van der Waals surface area contributed by atoms with Crippen molar-refractivity contribution < 1.29 is 9.84 Å². The number of piperidine rings is 1. The molecule has 0 saturated carbocycles. The molecule has 3 aromatic carbocycles. The quantitative estimate of drug-likeness (QED) is 0.352. The van der Waals surface area contributed by atoms with Crippen LogP contribution >= 0.6 is 11.6 Å². The molecule has 3 aliphatic rings. The molecule has 5 nitrogen and oxygen atoms in total. The Morgan fingerprint density at radius 3 is 2.50 bits per heavy atom. The van der Waals surface area contributed by atoms with E-state index in [1.807, 2.05) is 48.5 Å². The molecule has 3 atom stereocenters. The van der Waals surface area contributed by atoms with Gasteiger partial charge >= 0.3 is 0 Å². The van der Waals surface area contributed by atoms with Crippen molar-refractivity contribution in [2.45, 2.75) is 37.1 Å². The van der Waals surface area contributed by atoms with Crippen molar-refractivity contribution in [2.24, 2.45) is 5.92 Å². The van der Waals surface area contributed by atoms with Gasteiger partial charge in [0.25, 0.3) is 0 Å². The zero-order valence-corrected chi connectivity index (χ0v) is 22.4. The number of aromatic nitrogens is 2. The summed E-state index contributed by atoms with van der Waals surface area (Å²) in [5.74, 6) is 1.17. The van der Waals surface area contributed by atoms with E-state index >= 15 is 0 Å². The summed E-state index contributed by atoms with van der Waals surface area (Å²) in [5, 5.41) is 12.1. The SMILES string of the molecule is COc1ccc2c(c1O)[C@@]13CCN(C)[C@@H](C2)[C@H]1Cc1nc(-c2ccccc2Cl)c(-c2ccccc2)nc1C3. The minimum Gasteiger partial charge on any atom is -0.504 e. The van der Waals surface area contributed by atoms with Gasteiger partial charge in [-0.15, -0.1) is 0 Å². The molecule has 7 rings (SSSR count). The first-order valence-corrected chi connectivity index (χ1v) is 13.7. The summed E-state index contributed by atoms with van der Waals surface area (Å²) in [4.78, 5) is 13.2. The number of hydrogen-bond donors (Lipinski definition) is 1. The van der Waals surface area contributed by atoms with Crippen LogP contribution in [0, 0.1) is 5.92 Å². The van der Waals surface area contributed by atoms with Gasteiger partial charge in [0.1, 0.15) is 0 Å². The first-order valence-electron chi connectivity index (χ1n) is 13.3. The highest BCUT2D eigenvalue weighted by Crippen LogP contribution is 2.57. The molecule has 0 amide bonds. The molecule has 0 spiro atoms. The van der Waals surface area contributed by atoms with E-state index in [9.17, 15) is 5.11 Å². The van der Waals surface area contributed by atoms with Crippen LogP contribution in [0.3, 0.4) is 0 Å². The number of hydrogen-bond acceptors (Lipinski definition) is 5. The van der Waals surface area contributed by atoms with E-state index < -0.39 is 0 Å². The topological polar surface area (TPSA) is 58.5 Å².